The van der Waals surface area contributed by atoms with Crippen molar-refractivity contribution < 1.29 is 8.78 Å². The number of fused-ring (bicyclic) bond motifs is 3. The fourth-order valence-corrected chi connectivity index (χ4v) is 8.06. The summed E-state index contributed by atoms with van der Waals surface area (Å²) in [6, 6.07) is 59.1. The van der Waals surface area contributed by atoms with Crippen LogP contribution in [-0.2, 0) is 0 Å². The number of benzene rings is 8. The van der Waals surface area contributed by atoms with Gasteiger partial charge in [-0.2, -0.15) is 0 Å². The second kappa shape index (κ2) is 14.7. The SMILES string of the molecule is Cc1cccc(-c2ccc3c(c2)c2cc(-c4cccc(C)c4)ccc2n3-c2cc(-c3c(F)cccc3F)ccc2-c2nc(-c3ccccc3)nc(-c3ccccc3)n2)c1. The third-order valence-electron chi connectivity index (χ3n) is 10.9. The van der Waals surface area contributed by atoms with Crippen LogP contribution in [0.4, 0.5) is 8.78 Å². The van der Waals surface area contributed by atoms with Crippen LogP contribution in [0.15, 0.2) is 182 Å². The molecule has 0 atom stereocenters. The first-order chi connectivity index (χ1) is 28.9. The topological polar surface area (TPSA) is 43.6 Å². The molecule has 0 aliphatic heterocycles. The maximum atomic E-state index is 15.6. The zero-order valence-corrected chi connectivity index (χ0v) is 32.4. The summed E-state index contributed by atoms with van der Waals surface area (Å²) in [7, 11) is 0. The van der Waals surface area contributed by atoms with Crippen LogP contribution in [0, 0.1) is 25.5 Å². The number of halogens is 2. The zero-order valence-electron chi connectivity index (χ0n) is 32.4. The van der Waals surface area contributed by atoms with E-state index in [1.807, 2.05) is 72.8 Å². The van der Waals surface area contributed by atoms with Crippen LogP contribution in [0.2, 0.25) is 0 Å². The molecule has 6 heteroatoms. The van der Waals surface area contributed by atoms with E-state index in [1.54, 1.807) is 6.07 Å². The smallest absolute Gasteiger partial charge is 0.166 e. The lowest BCUT2D eigenvalue weighted by molar-refractivity contribution is 0.589. The van der Waals surface area contributed by atoms with Crippen molar-refractivity contribution in [2.24, 2.45) is 0 Å². The molecule has 0 radical (unpaired) electrons. The highest BCUT2D eigenvalue weighted by Crippen LogP contribution is 2.41. The number of aromatic nitrogens is 4. The Labute approximate surface area is 340 Å². The second-order valence-electron chi connectivity index (χ2n) is 14.9. The molecule has 2 aromatic heterocycles. The van der Waals surface area contributed by atoms with Crippen LogP contribution in [0.3, 0.4) is 0 Å². The normalized spacial score (nSPS) is 11.4. The molecule has 0 saturated carbocycles. The molecule has 0 fully saturated rings. The third kappa shape index (κ3) is 6.64. The van der Waals surface area contributed by atoms with E-state index in [1.165, 1.54) is 29.3 Å². The standard InChI is InChI=1S/C53H36F2N4/c1-33-12-9-18-37(28-33)39-23-26-47-43(30-39)44-31-40(38-19-10-13-34(2)29-38)24-27-48(44)59(47)49-32-41(50-45(54)20-11-21-46(50)55)22-25-42(49)53-57-51(35-14-5-3-6-15-35)56-52(58-53)36-16-7-4-8-17-36/h3-32H,1-2H3. The Morgan fingerprint density at radius 3 is 1.32 bits per heavy atom. The molecule has 59 heavy (non-hydrogen) atoms. The molecule has 0 saturated heterocycles. The van der Waals surface area contributed by atoms with Gasteiger partial charge in [0, 0.05) is 27.5 Å². The lowest BCUT2D eigenvalue weighted by Gasteiger charge is -2.17. The van der Waals surface area contributed by atoms with Crippen molar-refractivity contribution in [2.45, 2.75) is 13.8 Å². The van der Waals surface area contributed by atoms with Crippen LogP contribution in [-0.4, -0.2) is 19.5 Å². The Kier molecular flexibility index (Phi) is 8.95. The van der Waals surface area contributed by atoms with Gasteiger partial charge in [-0.3, -0.25) is 0 Å². The van der Waals surface area contributed by atoms with Crippen molar-refractivity contribution in [3.63, 3.8) is 0 Å². The highest BCUT2D eigenvalue weighted by atomic mass is 19.1. The highest BCUT2D eigenvalue weighted by molar-refractivity contribution is 6.12. The van der Waals surface area contributed by atoms with E-state index in [0.29, 0.717) is 34.3 Å². The fourth-order valence-electron chi connectivity index (χ4n) is 8.06. The molecule has 4 nitrogen and oxygen atoms in total. The Morgan fingerprint density at radius 1 is 0.373 bits per heavy atom. The first-order valence-corrected chi connectivity index (χ1v) is 19.6. The van der Waals surface area contributed by atoms with Gasteiger partial charge in [0.25, 0.3) is 0 Å². The van der Waals surface area contributed by atoms with Gasteiger partial charge in [-0.25, -0.2) is 23.7 Å². The van der Waals surface area contributed by atoms with Gasteiger partial charge in [0.15, 0.2) is 17.5 Å². The van der Waals surface area contributed by atoms with E-state index in [4.69, 9.17) is 15.0 Å². The molecule has 0 spiro atoms. The molecular formula is C53H36F2N4. The molecule has 2 heterocycles. The second-order valence-corrected chi connectivity index (χ2v) is 14.9. The predicted octanol–water partition coefficient (Wildman–Crippen LogP) is 13.9. The molecule has 0 aliphatic carbocycles. The minimum Gasteiger partial charge on any atom is -0.308 e. The van der Waals surface area contributed by atoms with Crippen molar-refractivity contribution in [3.05, 3.63) is 205 Å². The molecule has 0 unspecified atom stereocenters. The minimum absolute atomic E-state index is 0.102. The van der Waals surface area contributed by atoms with Crippen molar-refractivity contribution >= 4 is 21.8 Å². The number of aryl methyl sites for hydroxylation is 2. The Hall–Kier alpha value is -7.57. The summed E-state index contributed by atoms with van der Waals surface area (Å²) in [4.78, 5) is 15.2. The molecule has 0 N–H and O–H groups in total. The largest absolute Gasteiger partial charge is 0.308 e. The highest BCUT2D eigenvalue weighted by Gasteiger charge is 2.22. The van der Waals surface area contributed by atoms with Gasteiger partial charge >= 0.3 is 0 Å². The summed E-state index contributed by atoms with van der Waals surface area (Å²) in [6.07, 6.45) is 0. The predicted molar refractivity (Wildman–Crippen MR) is 236 cm³/mol. The molecule has 8 aromatic carbocycles. The van der Waals surface area contributed by atoms with E-state index in [-0.39, 0.29) is 5.56 Å². The van der Waals surface area contributed by atoms with Crippen molar-refractivity contribution in [1.29, 1.82) is 0 Å². The molecule has 0 amide bonds. The van der Waals surface area contributed by atoms with Gasteiger partial charge in [0.2, 0.25) is 0 Å². The van der Waals surface area contributed by atoms with E-state index >= 15 is 8.78 Å². The molecular weight excluding hydrogens is 731 g/mol. The number of hydrogen-bond donors (Lipinski definition) is 0. The van der Waals surface area contributed by atoms with Crippen molar-refractivity contribution in [1.82, 2.24) is 19.5 Å². The number of nitrogens with zero attached hydrogens (tertiary/aromatic N) is 4. The van der Waals surface area contributed by atoms with E-state index in [9.17, 15) is 0 Å². The lowest BCUT2D eigenvalue weighted by Crippen LogP contribution is -2.04. The first-order valence-electron chi connectivity index (χ1n) is 19.6. The third-order valence-corrected chi connectivity index (χ3v) is 10.9. The zero-order chi connectivity index (χ0) is 40.0. The van der Waals surface area contributed by atoms with Crippen molar-refractivity contribution in [2.75, 3.05) is 0 Å². The van der Waals surface area contributed by atoms with E-state index < -0.39 is 11.6 Å². The number of rotatable bonds is 7. The Morgan fingerprint density at radius 2 is 0.814 bits per heavy atom. The average molecular weight is 767 g/mol. The van der Waals surface area contributed by atoms with Crippen LogP contribution in [0.25, 0.3) is 95.0 Å². The Bertz CT molecular complexity index is 3030. The molecule has 0 aliphatic rings. The van der Waals surface area contributed by atoms with E-state index in [0.717, 1.165) is 55.2 Å². The fraction of sp³-hybridized carbons (Fsp3) is 0.0377. The van der Waals surface area contributed by atoms with Gasteiger partial charge in [0.1, 0.15) is 11.6 Å². The van der Waals surface area contributed by atoms with E-state index in [2.05, 4.69) is 103 Å². The minimum atomic E-state index is -0.644. The summed E-state index contributed by atoms with van der Waals surface area (Å²) < 4.78 is 33.4. The average Bonchev–Trinajstić information content (AvgIpc) is 3.59. The van der Waals surface area contributed by atoms with Crippen LogP contribution < -0.4 is 0 Å². The monoisotopic (exact) mass is 766 g/mol. The van der Waals surface area contributed by atoms with Crippen LogP contribution in [0.5, 0.6) is 0 Å². The molecule has 0 bridgehead atoms. The summed E-state index contributed by atoms with van der Waals surface area (Å²) in [5.41, 5.74) is 11.9. The maximum Gasteiger partial charge on any atom is 0.166 e. The van der Waals surface area contributed by atoms with Gasteiger partial charge in [-0.1, -0.05) is 145 Å². The summed E-state index contributed by atoms with van der Waals surface area (Å²) in [5, 5.41) is 2.07. The molecule has 10 rings (SSSR count). The summed E-state index contributed by atoms with van der Waals surface area (Å²) in [5.74, 6) is 0.162. The summed E-state index contributed by atoms with van der Waals surface area (Å²) in [6.45, 7) is 4.20. The number of hydrogen-bond acceptors (Lipinski definition) is 3. The molecule has 282 valence electrons. The van der Waals surface area contributed by atoms with Crippen LogP contribution in [0.1, 0.15) is 11.1 Å². The maximum absolute atomic E-state index is 15.6. The van der Waals surface area contributed by atoms with Crippen molar-refractivity contribution in [3.8, 4) is 73.2 Å². The Balaban J connectivity index is 1.30. The lowest BCUT2D eigenvalue weighted by atomic mass is 9.99. The molecule has 10 aromatic rings. The van der Waals surface area contributed by atoms with Crippen LogP contribution >= 0.6 is 0 Å². The van der Waals surface area contributed by atoms with Gasteiger partial charge in [0.05, 0.1) is 22.3 Å². The summed E-state index contributed by atoms with van der Waals surface area (Å²) >= 11 is 0. The first kappa shape index (κ1) is 35.8. The van der Waals surface area contributed by atoms with Gasteiger partial charge < -0.3 is 4.57 Å². The quantitative estimate of drug-likeness (QED) is 0.162. The van der Waals surface area contributed by atoms with Gasteiger partial charge in [-0.05, 0) is 90.2 Å². The van der Waals surface area contributed by atoms with Gasteiger partial charge in [-0.15, -0.1) is 0 Å².